The minimum atomic E-state index is -0.355. The molecule has 1 N–H and O–H groups in total. The average molecular weight is 407 g/mol. The molecule has 7 heteroatoms. The molecule has 29 heavy (non-hydrogen) atoms. The molecule has 0 bridgehead atoms. The molecule has 6 nitrogen and oxygen atoms in total. The van der Waals surface area contributed by atoms with Crippen LogP contribution >= 0.6 is 12.2 Å². The maximum atomic E-state index is 11.3. The highest BCUT2D eigenvalue weighted by Crippen LogP contribution is 2.33. The molecule has 1 aromatic heterocycles. The van der Waals surface area contributed by atoms with Crippen molar-refractivity contribution < 1.29 is 4.92 Å². The highest BCUT2D eigenvalue weighted by Gasteiger charge is 2.31. The van der Waals surface area contributed by atoms with Crippen molar-refractivity contribution in [2.45, 2.75) is 19.0 Å². The number of hydrogen-bond acceptors (Lipinski definition) is 3. The van der Waals surface area contributed by atoms with Crippen molar-refractivity contribution in [1.29, 1.82) is 0 Å². The van der Waals surface area contributed by atoms with E-state index in [4.69, 9.17) is 12.2 Å². The first kappa shape index (κ1) is 19.1. The van der Waals surface area contributed by atoms with E-state index in [2.05, 4.69) is 33.0 Å². The summed E-state index contributed by atoms with van der Waals surface area (Å²) < 4.78 is 2.19. The van der Waals surface area contributed by atoms with Gasteiger partial charge in [-0.1, -0.05) is 42.5 Å². The number of hydrogen-bond donors (Lipinski definition) is 1. The summed E-state index contributed by atoms with van der Waals surface area (Å²) in [5.41, 5.74) is 3.30. The maximum Gasteiger partial charge on any atom is 0.269 e. The Morgan fingerprint density at radius 2 is 1.93 bits per heavy atom. The van der Waals surface area contributed by atoms with Crippen molar-refractivity contribution in [3.05, 3.63) is 99.9 Å². The van der Waals surface area contributed by atoms with Crippen LogP contribution in [0.3, 0.4) is 0 Å². The van der Waals surface area contributed by atoms with Gasteiger partial charge in [0.2, 0.25) is 0 Å². The second-order valence-electron chi connectivity index (χ2n) is 7.04. The maximum absolute atomic E-state index is 11.3. The predicted octanol–water partition coefficient (Wildman–Crippen LogP) is 3.92. The fourth-order valence-electron chi connectivity index (χ4n) is 3.82. The summed E-state index contributed by atoms with van der Waals surface area (Å²) in [6.45, 7) is 2.31. The minimum absolute atomic E-state index is 0.0917. The summed E-state index contributed by atoms with van der Waals surface area (Å²) in [7, 11) is 0. The van der Waals surface area contributed by atoms with E-state index >= 15 is 0 Å². The molecule has 2 aromatic carbocycles. The van der Waals surface area contributed by atoms with E-state index in [-0.39, 0.29) is 16.7 Å². The Labute approximate surface area is 174 Å². The minimum Gasteiger partial charge on any atom is -0.362 e. The number of fused-ring (bicyclic) bond motifs is 1. The number of thiocarbonyl (C=S) groups is 1. The number of aromatic nitrogens is 1. The first-order valence-corrected chi connectivity index (χ1v) is 10.0. The first-order valence-electron chi connectivity index (χ1n) is 9.61. The third-order valence-electron chi connectivity index (χ3n) is 5.23. The Morgan fingerprint density at radius 3 is 2.72 bits per heavy atom. The van der Waals surface area contributed by atoms with Crippen LogP contribution in [0.15, 0.2) is 72.9 Å². The summed E-state index contributed by atoms with van der Waals surface area (Å²) in [6, 6.07) is 21.0. The number of non-ortho nitro benzene ring substituents is 1. The number of nitrogens with zero attached hydrogens (tertiary/aromatic N) is 3. The van der Waals surface area contributed by atoms with E-state index in [9.17, 15) is 10.1 Å². The molecular weight excluding hydrogens is 384 g/mol. The van der Waals surface area contributed by atoms with Crippen molar-refractivity contribution in [2.24, 2.45) is 0 Å². The van der Waals surface area contributed by atoms with Crippen LogP contribution in [0.25, 0.3) is 0 Å². The van der Waals surface area contributed by atoms with Gasteiger partial charge in [0.05, 0.1) is 11.0 Å². The highest BCUT2D eigenvalue weighted by atomic mass is 32.1. The molecular formula is C22H22N4O2S. The number of nitro groups is 1. The van der Waals surface area contributed by atoms with Crippen LogP contribution in [-0.2, 0) is 13.0 Å². The van der Waals surface area contributed by atoms with Gasteiger partial charge in [-0.15, -0.1) is 0 Å². The molecule has 4 rings (SSSR count). The van der Waals surface area contributed by atoms with Crippen molar-refractivity contribution in [2.75, 3.05) is 13.1 Å². The topological polar surface area (TPSA) is 63.3 Å². The van der Waals surface area contributed by atoms with Crippen molar-refractivity contribution in [3.8, 4) is 0 Å². The zero-order chi connectivity index (χ0) is 20.2. The normalized spacial score (nSPS) is 15.6. The van der Waals surface area contributed by atoms with Crippen LogP contribution in [0.5, 0.6) is 0 Å². The number of rotatable bonds is 5. The van der Waals surface area contributed by atoms with Crippen LogP contribution in [0, 0.1) is 10.1 Å². The Hall–Kier alpha value is -3.19. The van der Waals surface area contributed by atoms with E-state index in [0.29, 0.717) is 5.11 Å². The second kappa shape index (κ2) is 8.45. The van der Waals surface area contributed by atoms with Gasteiger partial charge in [-0.2, -0.15) is 0 Å². The van der Waals surface area contributed by atoms with Gasteiger partial charge in [-0.05, 0) is 41.9 Å². The summed E-state index contributed by atoms with van der Waals surface area (Å²) in [6.07, 6.45) is 2.93. The van der Waals surface area contributed by atoms with E-state index in [1.165, 1.54) is 11.6 Å². The molecule has 1 atom stereocenters. The molecule has 0 saturated carbocycles. The lowest BCUT2D eigenvalue weighted by molar-refractivity contribution is -0.384. The van der Waals surface area contributed by atoms with E-state index < -0.39 is 0 Å². The fourth-order valence-corrected chi connectivity index (χ4v) is 4.12. The molecule has 0 amide bonds. The summed E-state index contributed by atoms with van der Waals surface area (Å²) in [5, 5.41) is 15.3. The lowest BCUT2D eigenvalue weighted by atomic mass is 10.00. The Balaban J connectivity index is 1.55. The largest absolute Gasteiger partial charge is 0.362 e. The lowest BCUT2D eigenvalue weighted by Crippen LogP contribution is -2.47. The number of nitro benzene ring substituents is 1. The first-order chi connectivity index (χ1) is 14.1. The standard InChI is InChI=1S/C22H22N4O2S/c27-26(28)19-9-4-8-18(16-19)21-20-10-5-13-24(20)14-15-25(21)22(29)23-12-11-17-6-2-1-3-7-17/h1-10,13,16,21H,11-12,14-15H2,(H,23,29). The molecule has 0 saturated heterocycles. The summed E-state index contributed by atoms with van der Waals surface area (Å²) in [5.74, 6) is 0. The number of benzene rings is 2. The molecule has 2 heterocycles. The zero-order valence-electron chi connectivity index (χ0n) is 15.9. The van der Waals surface area contributed by atoms with Crippen molar-refractivity contribution in [3.63, 3.8) is 0 Å². The summed E-state index contributed by atoms with van der Waals surface area (Å²) in [4.78, 5) is 13.1. The molecule has 148 valence electrons. The van der Waals surface area contributed by atoms with Gasteiger partial charge in [-0.25, -0.2) is 0 Å². The monoisotopic (exact) mass is 406 g/mol. The molecule has 3 aromatic rings. The molecule has 1 aliphatic rings. The van der Waals surface area contributed by atoms with Crippen LogP contribution < -0.4 is 5.32 Å². The smallest absolute Gasteiger partial charge is 0.269 e. The lowest BCUT2D eigenvalue weighted by Gasteiger charge is -2.39. The van der Waals surface area contributed by atoms with Gasteiger partial charge in [0.1, 0.15) is 0 Å². The predicted molar refractivity (Wildman–Crippen MR) is 117 cm³/mol. The quantitative estimate of drug-likeness (QED) is 0.395. The Kier molecular flexibility index (Phi) is 5.57. The zero-order valence-corrected chi connectivity index (χ0v) is 16.7. The third kappa shape index (κ3) is 4.14. The summed E-state index contributed by atoms with van der Waals surface area (Å²) >= 11 is 5.73. The van der Waals surface area contributed by atoms with Crippen LogP contribution in [0.4, 0.5) is 5.69 Å². The van der Waals surface area contributed by atoms with Gasteiger partial charge in [0.25, 0.3) is 5.69 Å². The van der Waals surface area contributed by atoms with E-state index in [0.717, 1.165) is 37.3 Å². The van der Waals surface area contributed by atoms with Crippen LogP contribution in [0.2, 0.25) is 0 Å². The molecule has 1 aliphatic heterocycles. The number of nitrogens with one attached hydrogen (secondary N) is 1. The fraction of sp³-hybridized carbons (Fsp3) is 0.227. The third-order valence-corrected chi connectivity index (χ3v) is 5.61. The van der Waals surface area contributed by atoms with E-state index in [1.54, 1.807) is 12.1 Å². The van der Waals surface area contributed by atoms with E-state index in [1.807, 2.05) is 36.5 Å². The highest BCUT2D eigenvalue weighted by molar-refractivity contribution is 7.80. The van der Waals surface area contributed by atoms with Crippen LogP contribution in [-0.4, -0.2) is 32.6 Å². The van der Waals surface area contributed by atoms with Crippen molar-refractivity contribution >= 4 is 23.0 Å². The van der Waals surface area contributed by atoms with Gasteiger partial charge < -0.3 is 14.8 Å². The average Bonchev–Trinajstić information content (AvgIpc) is 3.22. The van der Waals surface area contributed by atoms with Gasteiger partial charge >= 0.3 is 0 Å². The van der Waals surface area contributed by atoms with Crippen molar-refractivity contribution in [1.82, 2.24) is 14.8 Å². The molecule has 0 fully saturated rings. The van der Waals surface area contributed by atoms with Gasteiger partial charge in [-0.3, -0.25) is 10.1 Å². The molecule has 0 spiro atoms. The Morgan fingerprint density at radius 1 is 1.10 bits per heavy atom. The molecule has 0 radical (unpaired) electrons. The second-order valence-corrected chi connectivity index (χ2v) is 7.43. The van der Waals surface area contributed by atoms with Crippen LogP contribution in [0.1, 0.15) is 22.9 Å². The van der Waals surface area contributed by atoms with Gasteiger partial charge in [0.15, 0.2) is 5.11 Å². The molecule has 1 unspecified atom stereocenters. The van der Waals surface area contributed by atoms with Gasteiger partial charge in [0, 0.05) is 43.7 Å². The molecule has 0 aliphatic carbocycles. The SMILES string of the molecule is O=[N+]([O-])c1cccc(C2c3cccn3CCN2C(=S)NCCc2ccccc2)c1. The Bertz CT molecular complexity index is 1020.